The van der Waals surface area contributed by atoms with Crippen LogP contribution in [0.4, 0.5) is 0 Å². The molecule has 0 saturated carbocycles. The molecule has 0 fully saturated rings. The molecule has 1 aliphatic rings. The molecule has 1 N–H and O–H groups in total. The number of para-hydroxylation sites is 1. The summed E-state index contributed by atoms with van der Waals surface area (Å²) in [5.74, 6) is 1.32. The van der Waals surface area contributed by atoms with E-state index in [1.54, 1.807) is 14.2 Å². The lowest BCUT2D eigenvalue weighted by Crippen LogP contribution is -2.47. The zero-order valence-corrected chi connectivity index (χ0v) is 18.5. The van der Waals surface area contributed by atoms with E-state index < -0.39 is 0 Å². The fourth-order valence-electron chi connectivity index (χ4n) is 4.88. The Morgan fingerprint density at radius 1 is 1.16 bits per heavy atom. The highest BCUT2D eigenvalue weighted by Gasteiger charge is 2.41. The van der Waals surface area contributed by atoms with Crippen LogP contribution in [0.5, 0.6) is 11.5 Å². The van der Waals surface area contributed by atoms with Gasteiger partial charge in [0.05, 0.1) is 19.8 Å². The van der Waals surface area contributed by atoms with Gasteiger partial charge in [-0.1, -0.05) is 50.6 Å². The van der Waals surface area contributed by atoms with Crippen LogP contribution in [0.25, 0.3) is 10.9 Å². The summed E-state index contributed by atoms with van der Waals surface area (Å²) in [5, 5.41) is 1.21. The van der Waals surface area contributed by atoms with E-state index in [1.807, 2.05) is 29.2 Å². The molecule has 1 amide bonds. The first-order valence-corrected chi connectivity index (χ1v) is 10.9. The van der Waals surface area contributed by atoms with Crippen molar-refractivity contribution in [1.29, 1.82) is 0 Å². The molecule has 5 nitrogen and oxygen atoms in total. The van der Waals surface area contributed by atoms with E-state index in [0.717, 1.165) is 42.5 Å². The van der Waals surface area contributed by atoms with Gasteiger partial charge in [0.15, 0.2) is 0 Å². The van der Waals surface area contributed by atoms with E-state index in [0.29, 0.717) is 11.5 Å². The lowest BCUT2D eigenvalue weighted by molar-refractivity contribution is -0.131. The van der Waals surface area contributed by atoms with Gasteiger partial charge in [-0.2, -0.15) is 0 Å². The minimum Gasteiger partial charge on any atom is -0.496 e. The third kappa shape index (κ3) is 3.58. The van der Waals surface area contributed by atoms with E-state index in [1.165, 1.54) is 17.0 Å². The van der Waals surface area contributed by atoms with Gasteiger partial charge in [0.25, 0.3) is 0 Å². The number of benzene rings is 2. The van der Waals surface area contributed by atoms with Gasteiger partial charge in [0, 0.05) is 22.6 Å². The third-order valence-corrected chi connectivity index (χ3v) is 6.29. The average molecular weight is 419 g/mol. The average Bonchev–Trinajstić information content (AvgIpc) is 3.19. The number of unbranched alkanes of at least 4 members (excludes halogenated alkanes) is 1. The number of carbonyl (C=O) groups excluding carboxylic acids is 1. The number of ether oxygens (including phenoxy) is 2. The van der Waals surface area contributed by atoms with Crippen LogP contribution in [0.15, 0.2) is 55.1 Å². The van der Waals surface area contributed by atoms with E-state index in [-0.39, 0.29) is 18.0 Å². The van der Waals surface area contributed by atoms with E-state index in [9.17, 15) is 4.79 Å². The summed E-state index contributed by atoms with van der Waals surface area (Å²) in [6, 6.07) is 13.8. The minimum atomic E-state index is -0.352. The van der Waals surface area contributed by atoms with Crippen LogP contribution in [0.3, 0.4) is 0 Å². The molecule has 162 valence electrons. The molecule has 5 heteroatoms. The van der Waals surface area contributed by atoms with Crippen molar-refractivity contribution in [3.8, 4) is 11.5 Å². The molecule has 0 aliphatic carbocycles. The molecule has 2 aromatic carbocycles. The van der Waals surface area contributed by atoms with Gasteiger partial charge in [-0.05, 0) is 42.7 Å². The molecular weight excluding hydrogens is 388 g/mol. The maximum Gasteiger partial charge on any atom is 0.247 e. The van der Waals surface area contributed by atoms with Crippen molar-refractivity contribution in [3.63, 3.8) is 0 Å². The van der Waals surface area contributed by atoms with Gasteiger partial charge in [-0.25, -0.2) is 0 Å². The summed E-state index contributed by atoms with van der Waals surface area (Å²) < 4.78 is 11.5. The normalized spacial score (nSPS) is 18.0. The molecule has 0 saturated heterocycles. The first kappa shape index (κ1) is 21.0. The number of aromatic nitrogens is 1. The number of rotatable bonds is 7. The van der Waals surface area contributed by atoms with Gasteiger partial charge >= 0.3 is 0 Å². The summed E-state index contributed by atoms with van der Waals surface area (Å²) in [4.78, 5) is 18.8. The summed E-state index contributed by atoms with van der Waals surface area (Å²) in [5.41, 5.74) is 4.22. The smallest absolute Gasteiger partial charge is 0.247 e. The summed E-state index contributed by atoms with van der Waals surface area (Å²) in [6.07, 6.45) is 5.30. The topological polar surface area (TPSA) is 54.6 Å². The summed E-state index contributed by atoms with van der Waals surface area (Å²) >= 11 is 0. The van der Waals surface area contributed by atoms with Crippen molar-refractivity contribution >= 4 is 16.8 Å². The van der Waals surface area contributed by atoms with E-state index >= 15 is 0 Å². The van der Waals surface area contributed by atoms with Gasteiger partial charge in [0.2, 0.25) is 5.91 Å². The van der Waals surface area contributed by atoms with Crippen molar-refractivity contribution < 1.29 is 14.3 Å². The van der Waals surface area contributed by atoms with Crippen LogP contribution in [0, 0.1) is 0 Å². The molecule has 2 atom stereocenters. The first-order valence-electron chi connectivity index (χ1n) is 10.9. The van der Waals surface area contributed by atoms with Crippen LogP contribution >= 0.6 is 0 Å². The van der Waals surface area contributed by atoms with Gasteiger partial charge in [0.1, 0.15) is 17.5 Å². The number of H-pyrrole nitrogens is 1. The van der Waals surface area contributed by atoms with E-state index in [4.69, 9.17) is 9.47 Å². The zero-order valence-electron chi connectivity index (χ0n) is 18.5. The summed E-state index contributed by atoms with van der Waals surface area (Å²) in [7, 11) is 3.31. The molecule has 3 aromatic rings. The van der Waals surface area contributed by atoms with Gasteiger partial charge < -0.3 is 19.4 Å². The van der Waals surface area contributed by atoms with Crippen molar-refractivity contribution in [2.75, 3.05) is 14.2 Å². The standard InChI is InChI=1S/C26H30N2O3/c1-5-7-11-17-16-19-18-12-8-9-13-20(18)27-25(19)26(28(17)23(29)6-2)24-21(30-3)14-10-15-22(24)31-4/h6,8-10,12-15,17,26-27H,2,5,7,11,16H2,1,3-4H3/t17-,26-/m0/s1. The highest BCUT2D eigenvalue weighted by Crippen LogP contribution is 2.47. The number of methoxy groups -OCH3 is 2. The SMILES string of the molecule is C=CC(=O)N1[C@@H](CCCC)Cc2c([nH]c3ccccc23)[C@@H]1c1c(OC)cccc1OC. The van der Waals surface area contributed by atoms with Crippen molar-refractivity contribution in [3.05, 3.63) is 71.9 Å². The second-order valence-electron chi connectivity index (χ2n) is 7.99. The number of carbonyl (C=O) groups is 1. The molecule has 2 heterocycles. The second kappa shape index (κ2) is 8.88. The summed E-state index contributed by atoms with van der Waals surface area (Å²) in [6.45, 7) is 5.98. The Balaban J connectivity index is 2.02. The third-order valence-electron chi connectivity index (χ3n) is 6.29. The quantitative estimate of drug-likeness (QED) is 0.523. The predicted molar refractivity (Wildman–Crippen MR) is 124 cm³/mol. The van der Waals surface area contributed by atoms with Gasteiger partial charge in [-0.15, -0.1) is 0 Å². The Morgan fingerprint density at radius 2 is 1.87 bits per heavy atom. The maximum atomic E-state index is 13.3. The Morgan fingerprint density at radius 3 is 2.52 bits per heavy atom. The second-order valence-corrected chi connectivity index (χ2v) is 7.99. The van der Waals surface area contributed by atoms with Crippen LogP contribution < -0.4 is 9.47 Å². The number of fused-ring (bicyclic) bond motifs is 3. The number of nitrogens with one attached hydrogen (secondary N) is 1. The highest BCUT2D eigenvalue weighted by atomic mass is 16.5. The van der Waals surface area contributed by atoms with E-state index in [2.05, 4.69) is 36.7 Å². The Hall–Kier alpha value is -3.21. The molecule has 0 spiro atoms. The van der Waals surface area contributed by atoms with Crippen LogP contribution in [0.2, 0.25) is 0 Å². The Bertz CT molecular complexity index is 1080. The molecule has 31 heavy (non-hydrogen) atoms. The molecule has 0 radical (unpaired) electrons. The van der Waals surface area contributed by atoms with Crippen LogP contribution in [0.1, 0.15) is 49.0 Å². The number of amides is 1. The highest BCUT2D eigenvalue weighted by molar-refractivity contribution is 5.90. The number of nitrogens with zero attached hydrogens (tertiary/aromatic N) is 1. The van der Waals surface area contributed by atoms with Crippen LogP contribution in [-0.2, 0) is 11.2 Å². The number of hydrogen-bond acceptors (Lipinski definition) is 3. The minimum absolute atomic E-state index is 0.0665. The Labute approximate surface area is 183 Å². The molecule has 0 unspecified atom stereocenters. The lowest BCUT2D eigenvalue weighted by atomic mass is 9.85. The first-order chi connectivity index (χ1) is 15.1. The van der Waals surface area contributed by atoms with Gasteiger partial charge in [-0.3, -0.25) is 4.79 Å². The lowest BCUT2D eigenvalue weighted by Gasteiger charge is -2.42. The molecule has 1 aromatic heterocycles. The largest absolute Gasteiger partial charge is 0.496 e. The fraction of sp³-hybridized carbons (Fsp3) is 0.346. The molecule has 0 bridgehead atoms. The van der Waals surface area contributed by atoms with Crippen molar-refractivity contribution in [1.82, 2.24) is 9.88 Å². The zero-order chi connectivity index (χ0) is 22.0. The number of aromatic amines is 1. The number of hydrogen-bond donors (Lipinski definition) is 1. The maximum absolute atomic E-state index is 13.3. The van der Waals surface area contributed by atoms with Crippen LogP contribution in [-0.4, -0.2) is 36.1 Å². The Kier molecular flexibility index (Phi) is 6.03. The predicted octanol–water partition coefficient (Wildman–Crippen LogP) is 5.40. The fourth-order valence-corrected chi connectivity index (χ4v) is 4.88. The monoisotopic (exact) mass is 418 g/mol. The molecule has 1 aliphatic heterocycles. The molecular formula is C26H30N2O3. The van der Waals surface area contributed by atoms with Crippen molar-refractivity contribution in [2.24, 2.45) is 0 Å². The van der Waals surface area contributed by atoms with Crippen molar-refractivity contribution in [2.45, 2.75) is 44.7 Å². The molecule has 4 rings (SSSR count).